The minimum atomic E-state index is -4.76. The van der Waals surface area contributed by atoms with E-state index in [1.807, 2.05) is 4.98 Å². The van der Waals surface area contributed by atoms with Crippen LogP contribution in [-0.2, 0) is 6.18 Å². The van der Waals surface area contributed by atoms with Crippen LogP contribution in [0.15, 0.2) is 18.2 Å². The number of aromatic amines is 1. The number of aromatic nitrogens is 2. The summed E-state index contributed by atoms with van der Waals surface area (Å²) in [6.45, 7) is 0. The van der Waals surface area contributed by atoms with E-state index >= 15 is 0 Å². The van der Waals surface area contributed by atoms with E-state index in [4.69, 9.17) is 5.11 Å². The number of alkyl halides is 7. The summed E-state index contributed by atoms with van der Waals surface area (Å²) in [6.07, 6.45) is -4.75. The van der Waals surface area contributed by atoms with Gasteiger partial charge in [-0.1, -0.05) is 0 Å². The van der Waals surface area contributed by atoms with E-state index in [1.54, 1.807) is 0 Å². The normalized spacial score (nSPS) is 16.0. The number of ether oxygens (including phenoxy) is 1. The van der Waals surface area contributed by atoms with Crippen molar-refractivity contribution in [3.63, 3.8) is 0 Å². The van der Waals surface area contributed by atoms with Crippen molar-refractivity contribution in [2.45, 2.75) is 17.6 Å². The highest BCUT2D eigenvalue weighted by molar-refractivity contribution is 6.22. The smallest absolute Gasteiger partial charge is 0.430 e. The number of halogens is 7. The Morgan fingerprint density at radius 2 is 1.76 bits per heavy atom. The van der Waals surface area contributed by atoms with Gasteiger partial charge in [-0.3, -0.25) is 0 Å². The summed E-state index contributed by atoms with van der Waals surface area (Å²) in [6, 6.07) is -1.98. The molecule has 2 N–H and O–H groups in total. The van der Waals surface area contributed by atoms with Crippen molar-refractivity contribution in [2.75, 3.05) is 0 Å². The molecule has 0 spiro atoms. The molecule has 0 aliphatic rings. The summed E-state index contributed by atoms with van der Waals surface area (Å²) in [7, 11) is 0. The maximum Gasteiger partial charge on any atom is 0.449 e. The summed E-state index contributed by atoms with van der Waals surface area (Å²) in [4.78, 5) is 5.06. The van der Waals surface area contributed by atoms with Gasteiger partial charge in [-0.05, 0) is 23.7 Å². The minimum Gasteiger partial charge on any atom is -0.430 e. The lowest BCUT2D eigenvalue weighted by Crippen LogP contribution is -2.45. The molecule has 0 bridgehead atoms. The molecule has 1 aromatic carbocycles. The van der Waals surface area contributed by atoms with Crippen molar-refractivity contribution in [3.05, 3.63) is 24.0 Å². The van der Waals surface area contributed by atoms with Crippen molar-refractivity contribution < 1.29 is 36.2 Å². The Hall–Kier alpha value is -1.68. The fourth-order valence-corrected chi connectivity index (χ4v) is 1.44. The molecule has 0 aliphatic carbocycles. The first-order chi connectivity index (χ1) is 9.40. The van der Waals surface area contributed by atoms with Crippen molar-refractivity contribution >= 4 is 22.6 Å². The average molecular weight is 335 g/mol. The van der Waals surface area contributed by atoms with E-state index in [9.17, 15) is 26.3 Å². The number of hydrogen-bond donors (Lipinski definition) is 2. The van der Waals surface area contributed by atoms with E-state index in [0.717, 1.165) is 18.2 Å². The third-order valence-corrected chi connectivity index (χ3v) is 2.56. The van der Waals surface area contributed by atoms with Gasteiger partial charge in [0.05, 0.1) is 11.0 Å². The molecule has 116 valence electrons. The zero-order chi connectivity index (χ0) is 16.1. The van der Waals surface area contributed by atoms with Crippen molar-refractivity contribution in [1.82, 2.24) is 9.97 Å². The van der Waals surface area contributed by atoms with E-state index in [2.05, 4.69) is 21.3 Å². The number of fused-ring (bicyclic) bond motifs is 1. The second-order valence-corrected chi connectivity index (χ2v) is 4.40. The molecular formula is C10H5ClF6N2O2. The standard InChI is InChI=1S/C10H5ClF6N2O2/c11-9(15,16)10(17,20)21-4-1-2-5-6(3-4)19-7(18-5)8(12,13)14/h1-3,20H,(H,18,19). The fourth-order valence-electron chi connectivity index (χ4n) is 1.40. The summed E-state index contributed by atoms with van der Waals surface area (Å²) >= 11 is 4.30. The van der Waals surface area contributed by atoms with E-state index in [-0.39, 0.29) is 11.0 Å². The SMILES string of the molecule is OC(F)(Oc1ccc2nc(C(F)(F)F)[nH]c2c1)C(F)(F)Cl. The number of nitrogens with one attached hydrogen (secondary N) is 1. The highest BCUT2D eigenvalue weighted by Gasteiger charge is 2.56. The van der Waals surface area contributed by atoms with E-state index in [1.165, 1.54) is 0 Å². The number of aliphatic hydroxyl groups is 1. The Kier molecular flexibility index (Phi) is 3.49. The number of hydrogen-bond acceptors (Lipinski definition) is 3. The van der Waals surface area contributed by atoms with Crippen LogP contribution in [0.1, 0.15) is 5.82 Å². The van der Waals surface area contributed by atoms with Gasteiger partial charge in [-0.2, -0.15) is 26.3 Å². The molecule has 4 nitrogen and oxygen atoms in total. The van der Waals surface area contributed by atoms with Gasteiger partial charge < -0.3 is 14.8 Å². The predicted octanol–water partition coefficient (Wildman–Crippen LogP) is 3.41. The summed E-state index contributed by atoms with van der Waals surface area (Å²) in [5.41, 5.74) is -0.414. The van der Waals surface area contributed by atoms with Crippen LogP contribution in [-0.4, -0.2) is 26.5 Å². The molecule has 1 aromatic heterocycles. The number of benzene rings is 1. The van der Waals surface area contributed by atoms with Crippen LogP contribution < -0.4 is 4.74 Å². The molecule has 0 saturated carbocycles. The Bertz CT molecular complexity index is 664. The van der Waals surface area contributed by atoms with Gasteiger partial charge in [-0.15, -0.1) is 0 Å². The van der Waals surface area contributed by atoms with Gasteiger partial charge in [-0.25, -0.2) is 4.98 Å². The monoisotopic (exact) mass is 334 g/mol. The van der Waals surface area contributed by atoms with Crippen LogP contribution in [0.3, 0.4) is 0 Å². The van der Waals surface area contributed by atoms with Crippen LogP contribution in [0.25, 0.3) is 11.0 Å². The highest BCUT2D eigenvalue weighted by Crippen LogP contribution is 2.37. The first kappa shape index (κ1) is 15.7. The quantitative estimate of drug-likeness (QED) is 0.514. The summed E-state index contributed by atoms with van der Waals surface area (Å²) in [5.74, 6) is -2.00. The van der Waals surface area contributed by atoms with Crippen molar-refractivity contribution in [1.29, 1.82) is 0 Å². The van der Waals surface area contributed by atoms with Crippen molar-refractivity contribution in [3.8, 4) is 5.75 Å². The number of rotatable bonds is 3. The lowest BCUT2D eigenvalue weighted by Gasteiger charge is -2.23. The van der Waals surface area contributed by atoms with Crippen LogP contribution >= 0.6 is 11.6 Å². The molecule has 1 unspecified atom stereocenters. The maximum atomic E-state index is 13.1. The lowest BCUT2D eigenvalue weighted by atomic mass is 10.3. The Balaban J connectivity index is 2.36. The third kappa shape index (κ3) is 3.16. The average Bonchev–Trinajstić information content (AvgIpc) is 2.69. The van der Waals surface area contributed by atoms with Crippen LogP contribution in [0.4, 0.5) is 26.3 Å². The van der Waals surface area contributed by atoms with Gasteiger partial charge in [0.15, 0.2) is 0 Å². The molecule has 0 amide bonds. The topological polar surface area (TPSA) is 58.1 Å². The second-order valence-electron chi connectivity index (χ2n) is 3.92. The molecular weight excluding hydrogens is 330 g/mol. The molecule has 2 rings (SSSR count). The predicted molar refractivity (Wildman–Crippen MR) is 58.6 cm³/mol. The molecule has 0 saturated heterocycles. The fraction of sp³-hybridized carbons (Fsp3) is 0.300. The van der Waals surface area contributed by atoms with Crippen LogP contribution in [0.2, 0.25) is 0 Å². The first-order valence-electron chi connectivity index (χ1n) is 5.14. The molecule has 1 heterocycles. The molecule has 11 heteroatoms. The third-order valence-electron chi connectivity index (χ3n) is 2.32. The summed E-state index contributed by atoms with van der Waals surface area (Å²) in [5, 5.41) is 3.98. The molecule has 1 atom stereocenters. The van der Waals surface area contributed by atoms with Crippen LogP contribution in [0, 0.1) is 0 Å². The Labute approximate surface area is 117 Å². The number of nitrogens with zero attached hydrogens (tertiary/aromatic N) is 1. The van der Waals surface area contributed by atoms with Crippen molar-refractivity contribution in [2.24, 2.45) is 0 Å². The van der Waals surface area contributed by atoms with Gasteiger partial charge in [0, 0.05) is 6.07 Å². The zero-order valence-electron chi connectivity index (χ0n) is 9.68. The molecule has 21 heavy (non-hydrogen) atoms. The van der Waals surface area contributed by atoms with E-state index in [0.29, 0.717) is 0 Å². The Morgan fingerprint density at radius 1 is 1.14 bits per heavy atom. The summed E-state index contributed by atoms with van der Waals surface area (Å²) < 4.78 is 79.3. The van der Waals surface area contributed by atoms with Gasteiger partial charge in [0.25, 0.3) is 0 Å². The zero-order valence-corrected chi connectivity index (χ0v) is 10.4. The lowest BCUT2D eigenvalue weighted by molar-refractivity contribution is -0.320. The maximum absolute atomic E-state index is 13.1. The largest absolute Gasteiger partial charge is 0.449 e. The number of H-pyrrole nitrogens is 1. The van der Waals surface area contributed by atoms with Gasteiger partial charge >= 0.3 is 17.6 Å². The minimum absolute atomic E-state index is 0.158. The number of imidazole rings is 1. The first-order valence-corrected chi connectivity index (χ1v) is 5.52. The van der Waals surface area contributed by atoms with Gasteiger partial charge in [0.2, 0.25) is 5.82 Å². The molecule has 0 radical (unpaired) electrons. The highest BCUT2D eigenvalue weighted by atomic mass is 35.5. The van der Waals surface area contributed by atoms with Crippen LogP contribution in [0.5, 0.6) is 5.75 Å². The van der Waals surface area contributed by atoms with E-state index < -0.39 is 29.2 Å². The molecule has 2 aromatic rings. The molecule has 0 fully saturated rings. The Morgan fingerprint density at radius 3 is 2.29 bits per heavy atom. The molecule has 0 aliphatic heterocycles. The second kappa shape index (κ2) is 4.67. The van der Waals surface area contributed by atoms with Gasteiger partial charge in [0.1, 0.15) is 5.75 Å².